The van der Waals surface area contributed by atoms with Gasteiger partial charge in [-0.25, -0.2) is 14.1 Å². The van der Waals surface area contributed by atoms with Crippen molar-refractivity contribution < 1.29 is 28.2 Å². The Morgan fingerprint density at radius 1 is 1.05 bits per heavy atom. The number of hydrogen-bond acceptors (Lipinski definition) is 5. The van der Waals surface area contributed by atoms with Gasteiger partial charge in [-0.3, -0.25) is 14.9 Å². The van der Waals surface area contributed by atoms with Gasteiger partial charge in [0.1, 0.15) is 18.0 Å². The number of urea groups is 1. The summed E-state index contributed by atoms with van der Waals surface area (Å²) in [7, 11) is 1.49. The Morgan fingerprint density at radius 3 is 2.41 bits per heavy atom. The molecule has 37 heavy (non-hydrogen) atoms. The van der Waals surface area contributed by atoms with E-state index in [1.807, 2.05) is 24.3 Å². The minimum Gasteiger partial charge on any atom is -0.493 e. The van der Waals surface area contributed by atoms with Crippen molar-refractivity contribution in [3.05, 3.63) is 106 Å². The number of methoxy groups -OCH3 is 1. The average Bonchev–Trinajstić information content (AvgIpc) is 2.88. The maximum Gasteiger partial charge on any atom is 0.335 e. The fourth-order valence-electron chi connectivity index (χ4n) is 3.77. The topological polar surface area (TPSA) is 84.9 Å². The van der Waals surface area contributed by atoms with E-state index in [-0.39, 0.29) is 11.3 Å². The van der Waals surface area contributed by atoms with Gasteiger partial charge >= 0.3 is 6.03 Å². The fraction of sp³-hybridized carbons (Fsp3) is 0.107. The first kappa shape index (κ1) is 25.8. The first-order valence-electron chi connectivity index (χ1n) is 11.2. The number of amides is 4. The Bertz CT molecular complexity index is 1400. The first-order chi connectivity index (χ1) is 17.8. The van der Waals surface area contributed by atoms with Gasteiger partial charge in [-0.2, -0.15) is 0 Å². The SMILES string of the molecule is C=CCc1cc(/C=C2\C(=O)NC(=O)N(c3ccc(F)cc3)C2=O)cc(OC)c1OCc1ccc(Br)cc1. The van der Waals surface area contributed by atoms with Crippen LogP contribution in [-0.4, -0.2) is 25.0 Å². The standard InChI is InChI=1S/C28H22BrFN2O5/c1-3-4-19-13-18(15-24(36-2)25(19)37-16-17-5-7-20(29)8-6-17)14-23-26(33)31-28(35)32(27(23)34)22-11-9-21(30)10-12-22/h3,5-15H,1,4,16H2,2H3,(H,31,33,35)/b23-14+. The molecule has 3 aromatic rings. The van der Waals surface area contributed by atoms with E-state index in [1.54, 1.807) is 18.2 Å². The number of benzene rings is 3. The highest BCUT2D eigenvalue weighted by molar-refractivity contribution is 9.10. The summed E-state index contributed by atoms with van der Waals surface area (Å²) >= 11 is 3.41. The number of nitrogens with one attached hydrogen (secondary N) is 1. The number of carbonyl (C=O) groups is 3. The number of hydrogen-bond donors (Lipinski definition) is 1. The zero-order valence-electron chi connectivity index (χ0n) is 19.8. The number of nitrogens with zero attached hydrogens (tertiary/aromatic N) is 1. The zero-order chi connectivity index (χ0) is 26.5. The molecule has 0 spiro atoms. The molecule has 4 rings (SSSR count). The molecule has 1 aliphatic heterocycles. The van der Waals surface area contributed by atoms with E-state index in [9.17, 15) is 18.8 Å². The Hall–Kier alpha value is -4.24. The van der Waals surface area contributed by atoms with Crippen molar-refractivity contribution >= 4 is 45.5 Å². The molecule has 0 saturated carbocycles. The number of rotatable bonds is 8. The minimum atomic E-state index is -0.916. The second kappa shape index (κ2) is 11.2. The highest BCUT2D eigenvalue weighted by Gasteiger charge is 2.36. The van der Waals surface area contributed by atoms with Crippen LogP contribution < -0.4 is 19.7 Å². The molecular formula is C28H22BrFN2O5. The van der Waals surface area contributed by atoms with E-state index in [1.165, 1.54) is 25.3 Å². The first-order valence-corrected chi connectivity index (χ1v) is 12.0. The maximum absolute atomic E-state index is 13.3. The summed E-state index contributed by atoms with van der Waals surface area (Å²) in [6.07, 6.45) is 3.50. The molecule has 0 aromatic heterocycles. The number of allylic oxidation sites excluding steroid dienone is 1. The summed E-state index contributed by atoms with van der Waals surface area (Å²) < 4.78 is 25.9. The largest absolute Gasteiger partial charge is 0.493 e. The number of imide groups is 2. The summed E-state index contributed by atoms with van der Waals surface area (Å²) in [5, 5.41) is 2.16. The summed E-state index contributed by atoms with van der Waals surface area (Å²) in [5.74, 6) is -1.29. The van der Waals surface area contributed by atoms with Crippen molar-refractivity contribution in [3.63, 3.8) is 0 Å². The molecule has 0 bridgehead atoms. The Labute approximate surface area is 221 Å². The highest BCUT2D eigenvalue weighted by Crippen LogP contribution is 2.35. The third-order valence-corrected chi connectivity index (χ3v) is 6.06. The van der Waals surface area contributed by atoms with Crippen molar-refractivity contribution in [2.24, 2.45) is 0 Å². The number of carbonyl (C=O) groups excluding carboxylic acids is 3. The number of barbiturate groups is 1. The van der Waals surface area contributed by atoms with E-state index < -0.39 is 23.7 Å². The van der Waals surface area contributed by atoms with Crippen LogP contribution in [0.25, 0.3) is 6.08 Å². The van der Waals surface area contributed by atoms with Crippen molar-refractivity contribution in [3.8, 4) is 11.5 Å². The molecule has 0 atom stereocenters. The van der Waals surface area contributed by atoms with Crippen LogP contribution in [0.2, 0.25) is 0 Å². The average molecular weight is 565 g/mol. The summed E-state index contributed by atoms with van der Waals surface area (Å²) in [6.45, 7) is 4.10. The van der Waals surface area contributed by atoms with Gasteiger partial charge in [-0.15, -0.1) is 6.58 Å². The van der Waals surface area contributed by atoms with Gasteiger partial charge in [-0.1, -0.05) is 34.1 Å². The van der Waals surface area contributed by atoms with Crippen molar-refractivity contribution in [1.82, 2.24) is 5.32 Å². The molecule has 1 heterocycles. The monoisotopic (exact) mass is 564 g/mol. The highest BCUT2D eigenvalue weighted by atomic mass is 79.9. The van der Waals surface area contributed by atoms with Crippen LogP contribution in [0.4, 0.5) is 14.9 Å². The molecule has 1 aliphatic rings. The summed E-state index contributed by atoms with van der Waals surface area (Å²) in [5.41, 5.74) is 2.03. The molecule has 1 saturated heterocycles. The van der Waals surface area contributed by atoms with Gasteiger partial charge in [0, 0.05) is 10.0 Å². The summed E-state index contributed by atoms with van der Waals surface area (Å²) in [6, 6.07) is 15.0. The Balaban J connectivity index is 1.69. The lowest BCUT2D eigenvalue weighted by Gasteiger charge is -2.26. The van der Waals surface area contributed by atoms with Crippen LogP contribution in [0.1, 0.15) is 16.7 Å². The lowest BCUT2D eigenvalue weighted by Crippen LogP contribution is -2.54. The molecule has 1 N–H and O–H groups in total. The molecule has 0 unspecified atom stereocenters. The van der Waals surface area contributed by atoms with E-state index in [0.29, 0.717) is 30.1 Å². The second-order valence-corrected chi connectivity index (χ2v) is 8.97. The molecule has 0 aliphatic carbocycles. The van der Waals surface area contributed by atoms with Crippen LogP contribution in [0, 0.1) is 5.82 Å². The van der Waals surface area contributed by atoms with Crippen LogP contribution in [0.5, 0.6) is 11.5 Å². The molecule has 4 amide bonds. The van der Waals surface area contributed by atoms with Crippen LogP contribution >= 0.6 is 15.9 Å². The number of halogens is 2. The molecule has 7 nitrogen and oxygen atoms in total. The van der Waals surface area contributed by atoms with E-state index in [0.717, 1.165) is 32.6 Å². The number of anilines is 1. The minimum absolute atomic E-state index is 0.129. The quantitative estimate of drug-likeness (QED) is 0.219. The predicted molar refractivity (Wildman–Crippen MR) is 141 cm³/mol. The van der Waals surface area contributed by atoms with Crippen LogP contribution in [-0.2, 0) is 22.6 Å². The summed E-state index contributed by atoms with van der Waals surface area (Å²) in [4.78, 5) is 38.9. The van der Waals surface area contributed by atoms with Crippen molar-refractivity contribution in [1.29, 1.82) is 0 Å². The van der Waals surface area contributed by atoms with Crippen LogP contribution in [0.15, 0.2) is 83.4 Å². The lowest BCUT2D eigenvalue weighted by molar-refractivity contribution is -0.122. The predicted octanol–water partition coefficient (Wildman–Crippen LogP) is 5.57. The second-order valence-electron chi connectivity index (χ2n) is 8.05. The van der Waals surface area contributed by atoms with Gasteiger partial charge in [0.2, 0.25) is 0 Å². The Morgan fingerprint density at radius 2 is 1.76 bits per heavy atom. The third kappa shape index (κ3) is 5.78. The Kier molecular flexibility index (Phi) is 7.83. The van der Waals surface area contributed by atoms with Gasteiger partial charge in [-0.05, 0) is 72.2 Å². The van der Waals surface area contributed by atoms with E-state index in [4.69, 9.17) is 9.47 Å². The van der Waals surface area contributed by atoms with E-state index in [2.05, 4.69) is 27.8 Å². The normalized spacial score (nSPS) is 14.5. The van der Waals surface area contributed by atoms with Gasteiger partial charge in [0.05, 0.1) is 12.8 Å². The maximum atomic E-state index is 13.3. The van der Waals surface area contributed by atoms with Crippen LogP contribution in [0.3, 0.4) is 0 Å². The van der Waals surface area contributed by atoms with E-state index >= 15 is 0 Å². The van der Waals surface area contributed by atoms with Gasteiger partial charge < -0.3 is 9.47 Å². The zero-order valence-corrected chi connectivity index (χ0v) is 21.4. The molecular weight excluding hydrogens is 543 g/mol. The molecule has 188 valence electrons. The smallest absolute Gasteiger partial charge is 0.335 e. The van der Waals surface area contributed by atoms with Gasteiger partial charge in [0.15, 0.2) is 11.5 Å². The number of ether oxygens (including phenoxy) is 2. The van der Waals surface area contributed by atoms with Gasteiger partial charge in [0.25, 0.3) is 11.8 Å². The molecule has 9 heteroatoms. The molecule has 1 fully saturated rings. The fourth-order valence-corrected chi connectivity index (χ4v) is 4.04. The van der Waals surface area contributed by atoms with Crippen molar-refractivity contribution in [2.75, 3.05) is 12.0 Å². The van der Waals surface area contributed by atoms with Crippen molar-refractivity contribution in [2.45, 2.75) is 13.0 Å². The molecule has 0 radical (unpaired) electrons. The molecule has 3 aromatic carbocycles. The lowest BCUT2D eigenvalue weighted by atomic mass is 10.0. The third-order valence-electron chi connectivity index (χ3n) is 5.53.